The molecule has 0 aromatic heterocycles. The van der Waals surface area contributed by atoms with Crippen LogP contribution in [-0.4, -0.2) is 27.4 Å². The summed E-state index contributed by atoms with van der Waals surface area (Å²) >= 11 is 0. The summed E-state index contributed by atoms with van der Waals surface area (Å²) in [6.07, 6.45) is 5.75. The summed E-state index contributed by atoms with van der Waals surface area (Å²) in [5.41, 5.74) is 4.16. The van der Waals surface area contributed by atoms with E-state index in [9.17, 15) is 24.8 Å². The third-order valence-electron chi connectivity index (χ3n) is 6.34. The highest BCUT2D eigenvalue weighted by atomic mass is 16.6. The first-order chi connectivity index (χ1) is 12.8. The largest absolute Gasteiger partial charge is 0.390 e. The average Bonchev–Trinajstić information content (AvgIpc) is 2.57. The van der Waals surface area contributed by atoms with Crippen LogP contribution in [0.25, 0.3) is 0 Å². The van der Waals surface area contributed by atoms with E-state index in [0.29, 0.717) is 24.7 Å². The first-order valence-electron chi connectivity index (χ1n) is 9.32. The number of amides is 2. The number of hydrogen-bond donors (Lipinski definition) is 3. The minimum absolute atomic E-state index is 0.102. The fourth-order valence-electron chi connectivity index (χ4n) is 5.93. The number of rotatable bonds is 4. The molecular formula is C19H23N3O5. The van der Waals surface area contributed by atoms with Gasteiger partial charge >= 0.3 is 0 Å². The Labute approximate surface area is 156 Å². The third kappa shape index (κ3) is 3.53. The molecule has 4 bridgehead atoms. The van der Waals surface area contributed by atoms with Crippen LogP contribution < -0.4 is 10.9 Å². The molecule has 0 radical (unpaired) electrons. The van der Waals surface area contributed by atoms with Crippen molar-refractivity contribution >= 4 is 17.5 Å². The molecule has 0 spiro atoms. The molecule has 4 aliphatic carbocycles. The van der Waals surface area contributed by atoms with Gasteiger partial charge in [0.05, 0.1) is 10.5 Å². The number of benzene rings is 1. The van der Waals surface area contributed by atoms with Crippen LogP contribution in [0.1, 0.15) is 55.3 Å². The van der Waals surface area contributed by atoms with Crippen LogP contribution in [0, 0.1) is 27.4 Å². The predicted molar refractivity (Wildman–Crippen MR) is 95.4 cm³/mol. The van der Waals surface area contributed by atoms with Gasteiger partial charge < -0.3 is 5.11 Å². The number of aliphatic hydroxyl groups is 1. The van der Waals surface area contributed by atoms with Crippen molar-refractivity contribution in [1.29, 1.82) is 0 Å². The van der Waals surface area contributed by atoms with Crippen molar-refractivity contribution in [3.8, 4) is 0 Å². The molecule has 1 aromatic rings. The molecule has 5 rings (SSSR count). The average molecular weight is 373 g/mol. The van der Waals surface area contributed by atoms with Gasteiger partial charge in [-0.15, -0.1) is 0 Å². The molecule has 8 heteroatoms. The maximum absolute atomic E-state index is 12.4. The fourth-order valence-corrected chi connectivity index (χ4v) is 5.93. The van der Waals surface area contributed by atoms with E-state index < -0.39 is 16.4 Å². The molecule has 2 atom stereocenters. The minimum Gasteiger partial charge on any atom is -0.390 e. The Morgan fingerprint density at radius 1 is 1.11 bits per heavy atom. The van der Waals surface area contributed by atoms with Gasteiger partial charge in [0.2, 0.25) is 5.91 Å². The Morgan fingerprint density at radius 2 is 1.74 bits per heavy atom. The number of hydrazine groups is 1. The van der Waals surface area contributed by atoms with Crippen LogP contribution in [0.4, 0.5) is 5.69 Å². The van der Waals surface area contributed by atoms with Gasteiger partial charge in [-0.25, -0.2) is 0 Å². The van der Waals surface area contributed by atoms with E-state index in [1.165, 1.54) is 24.3 Å². The lowest BCUT2D eigenvalue weighted by Gasteiger charge is -2.60. The molecule has 0 aliphatic heterocycles. The highest BCUT2D eigenvalue weighted by Gasteiger charge is 2.57. The smallest absolute Gasteiger partial charge is 0.269 e. The molecule has 0 heterocycles. The second kappa shape index (κ2) is 6.30. The number of nitro benzene ring substituents is 1. The monoisotopic (exact) mass is 373 g/mol. The molecule has 4 aliphatic rings. The van der Waals surface area contributed by atoms with Crippen molar-refractivity contribution in [2.24, 2.45) is 17.3 Å². The normalized spacial score (nSPS) is 33.5. The van der Waals surface area contributed by atoms with Crippen LogP contribution >= 0.6 is 0 Å². The molecule has 2 amide bonds. The first-order valence-corrected chi connectivity index (χ1v) is 9.32. The van der Waals surface area contributed by atoms with Gasteiger partial charge in [0.1, 0.15) is 0 Å². The maximum atomic E-state index is 12.4. The number of nitrogens with one attached hydrogen (secondary N) is 2. The zero-order valence-electron chi connectivity index (χ0n) is 14.9. The van der Waals surface area contributed by atoms with Crippen molar-refractivity contribution in [2.45, 2.75) is 50.5 Å². The number of non-ortho nitro benzene ring substituents is 1. The second-order valence-electron chi connectivity index (χ2n) is 8.67. The molecule has 4 fully saturated rings. The van der Waals surface area contributed by atoms with E-state index in [1.54, 1.807) is 0 Å². The quantitative estimate of drug-likeness (QED) is 0.551. The lowest BCUT2D eigenvalue weighted by molar-refractivity contribution is -0.384. The molecule has 1 aromatic carbocycles. The number of nitrogens with zero attached hydrogens (tertiary/aromatic N) is 1. The van der Waals surface area contributed by atoms with Crippen molar-refractivity contribution in [3.05, 3.63) is 39.9 Å². The Morgan fingerprint density at radius 3 is 2.30 bits per heavy atom. The Kier molecular flexibility index (Phi) is 4.18. The number of carbonyl (C=O) groups excluding carboxylic acids is 2. The highest BCUT2D eigenvalue weighted by Crippen LogP contribution is 2.62. The summed E-state index contributed by atoms with van der Waals surface area (Å²) in [4.78, 5) is 34.6. The van der Waals surface area contributed by atoms with Crippen LogP contribution in [0.3, 0.4) is 0 Å². The number of hydrogen-bond acceptors (Lipinski definition) is 5. The summed E-state index contributed by atoms with van der Waals surface area (Å²) in [7, 11) is 0. The topological polar surface area (TPSA) is 122 Å². The van der Waals surface area contributed by atoms with E-state index in [-0.39, 0.29) is 22.6 Å². The van der Waals surface area contributed by atoms with Crippen molar-refractivity contribution in [1.82, 2.24) is 10.9 Å². The van der Waals surface area contributed by atoms with Gasteiger partial charge in [-0.05, 0) is 67.9 Å². The molecule has 0 unspecified atom stereocenters. The summed E-state index contributed by atoms with van der Waals surface area (Å²) in [6.45, 7) is 0. The van der Waals surface area contributed by atoms with Crippen LogP contribution in [0.5, 0.6) is 0 Å². The highest BCUT2D eigenvalue weighted by molar-refractivity contribution is 5.95. The van der Waals surface area contributed by atoms with Crippen molar-refractivity contribution in [2.75, 3.05) is 0 Å². The van der Waals surface area contributed by atoms with Gasteiger partial charge in [0.15, 0.2) is 0 Å². The fraction of sp³-hybridized carbons (Fsp3) is 0.579. The van der Waals surface area contributed by atoms with Gasteiger partial charge in [0, 0.05) is 24.1 Å². The van der Waals surface area contributed by atoms with Crippen LogP contribution in [0.2, 0.25) is 0 Å². The number of nitro groups is 1. The second-order valence-corrected chi connectivity index (χ2v) is 8.67. The summed E-state index contributed by atoms with van der Waals surface area (Å²) in [6, 6.07) is 5.17. The Hall–Kier alpha value is -2.48. The summed E-state index contributed by atoms with van der Waals surface area (Å²) < 4.78 is 0. The van der Waals surface area contributed by atoms with Gasteiger partial charge in [-0.1, -0.05) is 0 Å². The molecule has 144 valence electrons. The summed E-state index contributed by atoms with van der Waals surface area (Å²) in [5, 5.41) is 21.4. The SMILES string of the molecule is O=C(CC12C[C@H]3C[C@@H](CC(O)(C3)C1)C2)NNC(=O)c1ccc([N+](=O)[O-])cc1. The predicted octanol–water partition coefficient (Wildman–Crippen LogP) is 2.08. The molecule has 4 saturated carbocycles. The zero-order valence-corrected chi connectivity index (χ0v) is 14.9. The molecule has 8 nitrogen and oxygen atoms in total. The molecule has 3 N–H and O–H groups in total. The molecule has 27 heavy (non-hydrogen) atoms. The maximum Gasteiger partial charge on any atom is 0.269 e. The van der Waals surface area contributed by atoms with E-state index in [4.69, 9.17) is 0 Å². The number of carbonyl (C=O) groups is 2. The van der Waals surface area contributed by atoms with Crippen LogP contribution in [-0.2, 0) is 4.79 Å². The lowest BCUT2D eigenvalue weighted by Crippen LogP contribution is -2.57. The molecule has 0 saturated heterocycles. The standard InChI is InChI=1S/C19H23N3O5/c23-16(20-21-17(24)14-1-3-15(4-2-14)22(26)27)10-18-6-12-5-13(7-18)9-19(25,8-12)11-18/h1-4,12-13,25H,5-11H2,(H,20,23)(H,21,24)/t12-,13-,18?,19?/m1/s1. The zero-order chi connectivity index (χ0) is 19.2. The van der Waals surface area contributed by atoms with Crippen LogP contribution in [0.15, 0.2) is 24.3 Å². The lowest BCUT2D eigenvalue weighted by atomic mass is 9.47. The third-order valence-corrected chi connectivity index (χ3v) is 6.34. The van der Waals surface area contributed by atoms with E-state index in [1.807, 2.05) is 0 Å². The van der Waals surface area contributed by atoms with E-state index >= 15 is 0 Å². The van der Waals surface area contributed by atoms with Gasteiger partial charge in [-0.3, -0.25) is 30.6 Å². The first kappa shape index (κ1) is 17.9. The van der Waals surface area contributed by atoms with E-state index in [0.717, 1.165) is 32.1 Å². The van der Waals surface area contributed by atoms with Gasteiger partial charge in [-0.2, -0.15) is 0 Å². The van der Waals surface area contributed by atoms with Crippen molar-refractivity contribution < 1.29 is 19.6 Å². The van der Waals surface area contributed by atoms with E-state index in [2.05, 4.69) is 10.9 Å². The summed E-state index contributed by atoms with van der Waals surface area (Å²) in [5.74, 6) is 0.204. The molecular weight excluding hydrogens is 350 g/mol. The minimum atomic E-state index is -0.619. The Balaban J connectivity index is 1.33. The Bertz CT molecular complexity index is 777. The van der Waals surface area contributed by atoms with Gasteiger partial charge in [0.25, 0.3) is 11.6 Å². The van der Waals surface area contributed by atoms with Crippen molar-refractivity contribution in [3.63, 3.8) is 0 Å².